The normalized spacial score (nSPS) is 14.3. The van der Waals surface area contributed by atoms with E-state index in [1.807, 2.05) is 65.6 Å². The number of hydrogen-bond donors (Lipinski definition) is 2. The predicted octanol–water partition coefficient (Wildman–Crippen LogP) is 1.62. The lowest BCUT2D eigenvalue weighted by atomic mass is 10.2. The van der Waals surface area contributed by atoms with Gasteiger partial charge in [0.05, 0.1) is 25.0 Å². The molecule has 2 amide bonds. The highest BCUT2D eigenvalue weighted by Gasteiger charge is 2.22. The molecule has 9 nitrogen and oxygen atoms in total. The Morgan fingerprint density at radius 1 is 0.882 bits per heavy atom. The Hall–Kier alpha value is -4.00. The summed E-state index contributed by atoms with van der Waals surface area (Å²) in [6.45, 7) is 3.84. The SMILES string of the molecule is N#Cc1cnn(-c2ccccc2)c1NC(=O)CN1CCN(CC(=O)NCc2ccccc2)CC1. The largest absolute Gasteiger partial charge is 0.351 e. The number of aromatic nitrogens is 2. The monoisotopic (exact) mass is 457 g/mol. The molecule has 2 N–H and O–H groups in total. The van der Waals surface area contributed by atoms with E-state index in [2.05, 4.69) is 26.7 Å². The van der Waals surface area contributed by atoms with Crippen LogP contribution in [-0.4, -0.2) is 70.7 Å². The van der Waals surface area contributed by atoms with Crippen LogP contribution in [0.2, 0.25) is 0 Å². The number of hydrogen-bond acceptors (Lipinski definition) is 6. The Labute approximate surface area is 198 Å². The van der Waals surface area contributed by atoms with Crippen molar-refractivity contribution in [2.45, 2.75) is 6.54 Å². The Bertz CT molecular complexity index is 1150. The third kappa shape index (κ3) is 6.07. The minimum absolute atomic E-state index is 0.00625. The smallest absolute Gasteiger partial charge is 0.239 e. The molecule has 0 saturated carbocycles. The van der Waals surface area contributed by atoms with Crippen molar-refractivity contribution < 1.29 is 9.59 Å². The summed E-state index contributed by atoms with van der Waals surface area (Å²) in [7, 11) is 0. The topological polar surface area (TPSA) is 106 Å². The molecule has 9 heteroatoms. The predicted molar refractivity (Wildman–Crippen MR) is 128 cm³/mol. The van der Waals surface area contributed by atoms with Crippen molar-refractivity contribution in [2.75, 3.05) is 44.6 Å². The van der Waals surface area contributed by atoms with E-state index in [9.17, 15) is 14.9 Å². The van der Waals surface area contributed by atoms with Crippen LogP contribution in [0.15, 0.2) is 66.9 Å². The zero-order valence-corrected chi connectivity index (χ0v) is 18.9. The molecule has 1 aliphatic heterocycles. The standard InChI is InChI=1S/C25H27N7O2/c26-15-21-17-28-32(22-9-5-2-6-10-22)25(21)29-24(34)19-31-13-11-30(12-14-31)18-23(33)27-16-20-7-3-1-4-8-20/h1-10,17H,11-14,16,18-19H2,(H,27,33)(H,29,34). The first kappa shape index (κ1) is 23.2. The molecule has 0 spiro atoms. The van der Waals surface area contributed by atoms with Crippen molar-refractivity contribution in [1.29, 1.82) is 5.26 Å². The molecule has 0 unspecified atom stereocenters. The van der Waals surface area contributed by atoms with Gasteiger partial charge < -0.3 is 10.6 Å². The number of rotatable bonds is 8. The number of piperazine rings is 1. The summed E-state index contributed by atoms with van der Waals surface area (Å²) in [5, 5.41) is 19.5. The van der Waals surface area contributed by atoms with Crippen molar-refractivity contribution in [3.8, 4) is 11.8 Å². The lowest BCUT2D eigenvalue weighted by molar-refractivity contribution is -0.123. The van der Waals surface area contributed by atoms with E-state index in [4.69, 9.17) is 0 Å². The van der Waals surface area contributed by atoms with Crippen LogP contribution in [0.1, 0.15) is 11.1 Å². The lowest BCUT2D eigenvalue weighted by Crippen LogP contribution is -2.51. The van der Waals surface area contributed by atoms with E-state index >= 15 is 0 Å². The Morgan fingerprint density at radius 3 is 2.09 bits per heavy atom. The summed E-state index contributed by atoms with van der Waals surface area (Å²) in [4.78, 5) is 29.1. The van der Waals surface area contributed by atoms with Crippen LogP contribution in [-0.2, 0) is 16.1 Å². The van der Waals surface area contributed by atoms with Gasteiger partial charge in [-0.3, -0.25) is 19.4 Å². The summed E-state index contributed by atoms with van der Waals surface area (Å²) in [6, 6.07) is 21.3. The van der Waals surface area contributed by atoms with Crippen molar-refractivity contribution in [2.24, 2.45) is 0 Å². The van der Waals surface area contributed by atoms with E-state index in [1.165, 1.54) is 6.20 Å². The van der Waals surface area contributed by atoms with Crippen LogP contribution in [0.5, 0.6) is 0 Å². The van der Waals surface area contributed by atoms with Crippen LogP contribution >= 0.6 is 0 Å². The highest BCUT2D eigenvalue weighted by molar-refractivity contribution is 5.93. The lowest BCUT2D eigenvalue weighted by Gasteiger charge is -2.33. The van der Waals surface area contributed by atoms with E-state index < -0.39 is 0 Å². The number of benzene rings is 2. The van der Waals surface area contributed by atoms with Crippen LogP contribution in [0.3, 0.4) is 0 Å². The molecule has 1 saturated heterocycles. The number of carbonyl (C=O) groups excluding carboxylic acids is 2. The number of amides is 2. The fourth-order valence-electron chi connectivity index (χ4n) is 3.85. The quantitative estimate of drug-likeness (QED) is 0.532. The summed E-state index contributed by atoms with van der Waals surface area (Å²) in [6.07, 6.45) is 1.45. The third-order valence-electron chi connectivity index (χ3n) is 5.68. The van der Waals surface area contributed by atoms with Gasteiger partial charge in [0.25, 0.3) is 0 Å². The van der Waals surface area contributed by atoms with Crippen molar-refractivity contribution >= 4 is 17.6 Å². The minimum Gasteiger partial charge on any atom is -0.351 e. The van der Waals surface area contributed by atoms with Crippen LogP contribution in [0.25, 0.3) is 5.69 Å². The van der Waals surface area contributed by atoms with Gasteiger partial charge in [-0.15, -0.1) is 0 Å². The number of para-hydroxylation sites is 1. The average Bonchev–Trinajstić information content (AvgIpc) is 3.27. The zero-order chi connectivity index (χ0) is 23.8. The molecule has 2 aromatic carbocycles. The number of anilines is 1. The first-order chi connectivity index (χ1) is 16.6. The maximum Gasteiger partial charge on any atom is 0.239 e. The van der Waals surface area contributed by atoms with Crippen LogP contribution < -0.4 is 10.6 Å². The summed E-state index contributed by atoms with van der Waals surface area (Å²) in [5.74, 6) is 0.156. The highest BCUT2D eigenvalue weighted by Crippen LogP contribution is 2.19. The van der Waals surface area contributed by atoms with Crippen molar-refractivity contribution in [3.63, 3.8) is 0 Å². The first-order valence-corrected chi connectivity index (χ1v) is 11.2. The average molecular weight is 458 g/mol. The second-order valence-corrected chi connectivity index (χ2v) is 8.13. The first-order valence-electron chi connectivity index (χ1n) is 11.2. The second kappa shape index (κ2) is 11.2. The summed E-state index contributed by atoms with van der Waals surface area (Å²) >= 11 is 0. The van der Waals surface area contributed by atoms with E-state index in [-0.39, 0.29) is 18.4 Å². The van der Waals surface area contributed by atoms with Gasteiger partial charge in [0.15, 0.2) is 5.82 Å². The molecule has 0 radical (unpaired) electrons. The summed E-state index contributed by atoms with van der Waals surface area (Å²) in [5.41, 5.74) is 2.14. The molecule has 0 bridgehead atoms. The van der Waals surface area contributed by atoms with Gasteiger partial charge in [-0.1, -0.05) is 48.5 Å². The second-order valence-electron chi connectivity index (χ2n) is 8.13. The molecular formula is C25H27N7O2. The molecule has 34 heavy (non-hydrogen) atoms. The molecule has 0 atom stereocenters. The van der Waals surface area contributed by atoms with Crippen LogP contribution in [0, 0.1) is 11.3 Å². The number of nitrogens with zero attached hydrogens (tertiary/aromatic N) is 5. The van der Waals surface area contributed by atoms with Gasteiger partial charge in [0.1, 0.15) is 11.6 Å². The fourth-order valence-corrected chi connectivity index (χ4v) is 3.85. The molecule has 1 aromatic heterocycles. The molecule has 2 heterocycles. The molecule has 4 rings (SSSR count). The minimum atomic E-state index is -0.205. The van der Waals surface area contributed by atoms with Gasteiger partial charge in [0.2, 0.25) is 11.8 Å². The Kier molecular flexibility index (Phi) is 7.65. The van der Waals surface area contributed by atoms with Gasteiger partial charge >= 0.3 is 0 Å². The molecule has 3 aromatic rings. The third-order valence-corrected chi connectivity index (χ3v) is 5.68. The number of nitriles is 1. The van der Waals surface area contributed by atoms with Crippen molar-refractivity contribution in [1.82, 2.24) is 24.9 Å². The maximum absolute atomic E-state index is 12.7. The van der Waals surface area contributed by atoms with Crippen molar-refractivity contribution in [3.05, 3.63) is 78.0 Å². The molecule has 0 aliphatic carbocycles. The molecule has 1 aliphatic rings. The zero-order valence-electron chi connectivity index (χ0n) is 18.9. The number of nitrogens with one attached hydrogen (secondary N) is 2. The van der Waals surface area contributed by atoms with E-state index in [1.54, 1.807) is 4.68 Å². The Morgan fingerprint density at radius 2 is 1.47 bits per heavy atom. The maximum atomic E-state index is 12.7. The van der Waals surface area contributed by atoms with E-state index in [0.29, 0.717) is 50.6 Å². The number of carbonyl (C=O) groups is 2. The molecule has 174 valence electrons. The van der Waals surface area contributed by atoms with E-state index in [0.717, 1.165) is 11.3 Å². The van der Waals surface area contributed by atoms with Gasteiger partial charge in [0, 0.05) is 32.7 Å². The summed E-state index contributed by atoms with van der Waals surface area (Å²) < 4.78 is 1.56. The fraction of sp³-hybridized carbons (Fsp3) is 0.280. The Balaban J connectivity index is 1.24. The van der Waals surface area contributed by atoms with Crippen LogP contribution in [0.4, 0.5) is 5.82 Å². The van der Waals surface area contributed by atoms with Gasteiger partial charge in [-0.05, 0) is 17.7 Å². The molecular weight excluding hydrogens is 430 g/mol. The van der Waals surface area contributed by atoms with Gasteiger partial charge in [-0.2, -0.15) is 10.4 Å². The molecule has 1 fully saturated rings. The van der Waals surface area contributed by atoms with Gasteiger partial charge in [-0.25, -0.2) is 4.68 Å². The highest BCUT2D eigenvalue weighted by atomic mass is 16.2.